The first-order chi connectivity index (χ1) is 10.3. The highest BCUT2D eigenvalue weighted by atomic mass is 16.5. The average Bonchev–Trinajstić information content (AvgIpc) is 2.95. The fourth-order valence-corrected chi connectivity index (χ4v) is 2.67. The van der Waals surface area contributed by atoms with Gasteiger partial charge in [0.05, 0.1) is 7.11 Å². The summed E-state index contributed by atoms with van der Waals surface area (Å²) in [5, 5.41) is 3.46. The monoisotopic (exact) mass is 284 g/mol. The second-order valence-corrected chi connectivity index (χ2v) is 5.30. The number of likely N-dealkylation sites (tertiary alicyclic amines) is 1. The van der Waals surface area contributed by atoms with E-state index in [1.807, 2.05) is 6.07 Å². The summed E-state index contributed by atoms with van der Waals surface area (Å²) in [5.74, 6) is 1.42. The van der Waals surface area contributed by atoms with Crippen molar-refractivity contribution in [2.45, 2.75) is 19.0 Å². The molecule has 1 unspecified atom stereocenters. The number of aromatic nitrogens is 2. The molecule has 21 heavy (non-hydrogen) atoms. The van der Waals surface area contributed by atoms with Gasteiger partial charge in [-0.1, -0.05) is 30.3 Å². The van der Waals surface area contributed by atoms with Gasteiger partial charge in [0.15, 0.2) is 0 Å². The van der Waals surface area contributed by atoms with Crippen molar-refractivity contribution >= 4 is 5.82 Å². The SMILES string of the molecule is COc1cc(NC2CCN(Cc3ccccc3)C2)ncn1. The number of nitrogens with one attached hydrogen (secondary N) is 1. The highest BCUT2D eigenvalue weighted by molar-refractivity contribution is 5.38. The Hall–Kier alpha value is -2.14. The Morgan fingerprint density at radius 3 is 2.95 bits per heavy atom. The molecule has 110 valence electrons. The molecule has 0 saturated carbocycles. The number of rotatable bonds is 5. The number of ether oxygens (including phenoxy) is 1. The van der Waals surface area contributed by atoms with Crippen LogP contribution in [0.25, 0.3) is 0 Å². The number of anilines is 1. The van der Waals surface area contributed by atoms with Crippen LogP contribution in [-0.2, 0) is 6.54 Å². The normalized spacial score (nSPS) is 18.6. The van der Waals surface area contributed by atoms with E-state index in [9.17, 15) is 0 Å². The largest absolute Gasteiger partial charge is 0.481 e. The standard InChI is InChI=1S/C16H20N4O/c1-21-16-9-15(17-12-18-16)19-14-7-8-20(11-14)10-13-5-3-2-4-6-13/h2-6,9,12,14H,7-8,10-11H2,1H3,(H,17,18,19). The average molecular weight is 284 g/mol. The summed E-state index contributed by atoms with van der Waals surface area (Å²) in [7, 11) is 1.61. The molecule has 1 aliphatic heterocycles. The van der Waals surface area contributed by atoms with Gasteiger partial charge in [-0.3, -0.25) is 4.90 Å². The van der Waals surface area contributed by atoms with Gasteiger partial charge in [0.2, 0.25) is 5.88 Å². The summed E-state index contributed by atoms with van der Waals surface area (Å²) in [6, 6.07) is 12.8. The van der Waals surface area contributed by atoms with Crippen molar-refractivity contribution in [1.29, 1.82) is 0 Å². The minimum Gasteiger partial charge on any atom is -0.481 e. The molecule has 5 heteroatoms. The molecule has 1 saturated heterocycles. The zero-order chi connectivity index (χ0) is 14.5. The quantitative estimate of drug-likeness (QED) is 0.912. The molecule has 2 aromatic rings. The Morgan fingerprint density at radius 2 is 2.14 bits per heavy atom. The summed E-state index contributed by atoms with van der Waals surface area (Å²) >= 11 is 0. The van der Waals surface area contributed by atoms with Crippen LogP contribution in [0.3, 0.4) is 0 Å². The zero-order valence-electron chi connectivity index (χ0n) is 12.2. The molecule has 0 bridgehead atoms. The maximum atomic E-state index is 5.12. The lowest BCUT2D eigenvalue weighted by Crippen LogP contribution is -2.26. The van der Waals surface area contributed by atoms with Crippen LogP contribution in [0.1, 0.15) is 12.0 Å². The maximum Gasteiger partial charge on any atom is 0.218 e. The lowest BCUT2D eigenvalue weighted by molar-refractivity contribution is 0.328. The van der Waals surface area contributed by atoms with Crippen LogP contribution in [0.2, 0.25) is 0 Å². The second-order valence-electron chi connectivity index (χ2n) is 5.30. The van der Waals surface area contributed by atoms with Crippen LogP contribution in [0.5, 0.6) is 5.88 Å². The fraction of sp³-hybridized carbons (Fsp3) is 0.375. The van der Waals surface area contributed by atoms with Crippen LogP contribution in [0.4, 0.5) is 5.82 Å². The summed E-state index contributed by atoms with van der Waals surface area (Å²) in [6.45, 7) is 3.14. The van der Waals surface area contributed by atoms with Crippen molar-refractivity contribution in [1.82, 2.24) is 14.9 Å². The topological polar surface area (TPSA) is 50.3 Å². The Bertz CT molecular complexity index is 575. The summed E-state index contributed by atoms with van der Waals surface area (Å²) in [4.78, 5) is 10.7. The van der Waals surface area contributed by atoms with Crippen LogP contribution < -0.4 is 10.1 Å². The molecule has 0 radical (unpaired) electrons. The highest BCUT2D eigenvalue weighted by Gasteiger charge is 2.22. The first-order valence-electron chi connectivity index (χ1n) is 7.22. The first-order valence-corrected chi connectivity index (χ1v) is 7.22. The van der Waals surface area contributed by atoms with Crippen molar-refractivity contribution in [2.24, 2.45) is 0 Å². The van der Waals surface area contributed by atoms with E-state index in [2.05, 4.69) is 50.5 Å². The van der Waals surface area contributed by atoms with Crippen molar-refractivity contribution in [2.75, 3.05) is 25.5 Å². The van der Waals surface area contributed by atoms with E-state index in [0.29, 0.717) is 11.9 Å². The number of benzene rings is 1. The fourth-order valence-electron chi connectivity index (χ4n) is 2.67. The molecule has 0 spiro atoms. The number of hydrogen-bond acceptors (Lipinski definition) is 5. The van der Waals surface area contributed by atoms with Crippen molar-refractivity contribution in [3.05, 3.63) is 48.3 Å². The van der Waals surface area contributed by atoms with Crippen LogP contribution >= 0.6 is 0 Å². The summed E-state index contributed by atoms with van der Waals surface area (Å²) in [5.41, 5.74) is 1.36. The molecule has 1 aliphatic rings. The molecular formula is C16H20N4O. The van der Waals surface area contributed by atoms with E-state index < -0.39 is 0 Å². The van der Waals surface area contributed by atoms with E-state index in [-0.39, 0.29) is 0 Å². The van der Waals surface area contributed by atoms with E-state index in [1.165, 1.54) is 11.9 Å². The van der Waals surface area contributed by atoms with Crippen LogP contribution in [0.15, 0.2) is 42.7 Å². The molecule has 1 fully saturated rings. The third kappa shape index (κ3) is 3.70. The molecule has 1 aromatic carbocycles. The molecule has 1 N–H and O–H groups in total. The van der Waals surface area contributed by atoms with Crippen LogP contribution in [-0.4, -0.2) is 41.1 Å². The van der Waals surface area contributed by atoms with E-state index in [4.69, 9.17) is 4.74 Å². The van der Waals surface area contributed by atoms with Crippen molar-refractivity contribution in [3.8, 4) is 5.88 Å². The molecule has 5 nitrogen and oxygen atoms in total. The summed E-state index contributed by atoms with van der Waals surface area (Å²) in [6.07, 6.45) is 2.65. The molecule has 3 rings (SSSR count). The van der Waals surface area contributed by atoms with Gasteiger partial charge in [-0.15, -0.1) is 0 Å². The Morgan fingerprint density at radius 1 is 1.29 bits per heavy atom. The van der Waals surface area contributed by atoms with E-state index in [1.54, 1.807) is 7.11 Å². The highest BCUT2D eigenvalue weighted by Crippen LogP contribution is 2.18. The third-order valence-electron chi connectivity index (χ3n) is 3.72. The Kier molecular flexibility index (Phi) is 4.31. The lowest BCUT2D eigenvalue weighted by atomic mass is 10.2. The predicted octanol–water partition coefficient (Wildman–Crippen LogP) is 2.17. The second kappa shape index (κ2) is 6.54. The van der Waals surface area contributed by atoms with Gasteiger partial charge in [-0.2, -0.15) is 0 Å². The van der Waals surface area contributed by atoms with Gasteiger partial charge in [0, 0.05) is 31.7 Å². The molecule has 1 atom stereocenters. The van der Waals surface area contributed by atoms with Crippen molar-refractivity contribution in [3.63, 3.8) is 0 Å². The van der Waals surface area contributed by atoms with Gasteiger partial charge in [-0.25, -0.2) is 9.97 Å². The molecule has 2 heterocycles. The van der Waals surface area contributed by atoms with Crippen LogP contribution in [0, 0.1) is 0 Å². The minimum atomic E-state index is 0.424. The maximum absolute atomic E-state index is 5.12. The van der Waals surface area contributed by atoms with Crippen molar-refractivity contribution < 1.29 is 4.74 Å². The smallest absolute Gasteiger partial charge is 0.218 e. The van der Waals surface area contributed by atoms with E-state index >= 15 is 0 Å². The van der Waals surface area contributed by atoms with Gasteiger partial charge in [0.1, 0.15) is 12.1 Å². The summed E-state index contributed by atoms with van der Waals surface area (Å²) < 4.78 is 5.12. The molecular weight excluding hydrogens is 264 g/mol. The van der Waals surface area contributed by atoms with Gasteiger partial charge < -0.3 is 10.1 Å². The number of methoxy groups -OCH3 is 1. The Balaban J connectivity index is 1.54. The first kappa shape index (κ1) is 13.8. The predicted molar refractivity (Wildman–Crippen MR) is 82.3 cm³/mol. The van der Waals surface area contributed by atoms with Gasteiger partial charge >= 0.3 is 0 Å². The molecule has 0 aliphatic carbocycles. The number of hydrogen-bond donors (Lipinski definition) is 1. The molecule has 1 aromatic heterocycles. The molecule has 0 amide bonds. The van der Waals surface area contributed by atoms with E-state index in [0.717, 1.165) is 31.9 Å². The third-order valence-corrected chi connectivity index (χ3v) is 3.72. The zero-order valence-corrected chi connectivity index (χ0v) is 12.2. The van der Waals surface area contributed by atoms with Gasteiger partial charge in [0.25, 0.3) is 0 Å². The number of nitrogens with zero attached hydrogens (tertiary/aromatic N) is 3. The Labute approximate surface area is 125 Å². The lowest BCUT2D eigenvalue weighted by Gasteiger charge is -2.17. The van der Waals surface area contributed by atoms with Gasteiger partial charge in [-0.05, 0) is 12.0 Å². The minimum absolute atomic E-state index is 0.424.